The average molecular weight is 277 g/mol. The van der Waals surface area contributed by atoms with Crippen molar-refractivity contribution in [3.8, 4) is 11.5 Å². The molecular weight excluding hydrogens is 262 g/mol. The minimum atomic E-state index is -0.503. The lowest BCUT2D eigenvalue weighted by Crippen LogP contribution is -2.07. The molecule has 0 saturated carbocycles. The highest BCUT2D eigenvalue weighted by atomic mass is 16.6. The highest BCUT2D eigenvalue weighted by Gasteiger charge is 2.15. The van der Waals surface area contributed by atoms with Crippen molar-refractivity contribution in [1.29, 1.82) is 0 Å². The minimum absolute atomic E-state index is 0.102. The van der Waals surface area contributed by atoms with Gasteiger partial charge in [0, 0.05) is 19.2 Å². The minimum Gasteiger partial charge on any atom is -0.453 e. The monoisotopic (exact) mass is 277 g/mol. The topological polar surface area (TPSA) is 108 Å². The van der Waals surface area contributed by atoms with Gasteiger partial charge in [-0.05, 0) is 13.8 Å². The Balaban J connectivity index is 2.42. The summed E-state index contributed by atoms with van der Waals surface area (Å²) in [5.41, 5.74) is 4.21. The number of ether oxygens (including phenoxy) is 1. The van der Waals surface area contributed by atoms with Gasteiger partial charge in [-0.3, -0.25) is 20.6 Å². The number of nitro benzene ring substituents is 1. The summed E-state index contributed by atoms with van der Waals surface area (Å²) in [5, 5.41) is 15.1. The van der Waals surface area contributed by atoms with Crippen molar-refractivity contribution in [2.24, 2.45) is 12.9 Å². The molecule has 0 radical (unpaired) electrons. The van der Waals surface area contributed by atoms with Crippen molar-refractivity contribution >= 4 is 11.4 Å². The molecule has 1 aromatic carbocycles. The zero-order chi connectivity index (χ0) is 14.9. The smallest absolute Gasteiger partial charge is 0.275 e. The van der Waals surface area contributed by atoms with Gasteiger partial charge in [-0.1, -0.05) is 0 Å². The third-order valence-corrected chi connectivity index (χ3v) is 2.93. The summed E-state index contributed by atoms with van der Waals surface area (Å²) in [4.78, 5) is 10.4. The van der Waals surface area contributed by atoms with E-state index >= 15 is 0 Å². The number of benzene rings is 1. The molecule has 0 bridgehead atoms. The summed E-state index contributed by atoms with van der Waals surface area (Å²) >= 11 is 0. The number of nitro groups is 1. The molecule has 0 atom stereocenters. The molecule has 106 valence electrons. The second kappa shape index (κ2) is 5.17. The van der Waals surface area contributed by atoms with Gasteiger partial charge in [0.1, 0.15) is 11.4 Å². The average Bonchev–Trinajstić information content (AvgIpc) is 2.65. The van der Waals surface area contributed by atoms with Gasteiger partial charge >= 0.3 is 0 Å². The molecular formula is C12H15N5O3. The fraction of sp³-hybridized carbons (Fsp3) is 0.250. The number of aromatic nitrogens is 2. The van der Waals surface area contributed by atoms with E-state index in [4.69, 9.17) is 10.6 Å². The van der Waals surface area contributed by atoms with Crippen LogP contribution in [-0.2, 0) is 7.05 Å². The predicted octanol–water partition coefficient (Wildman–Crippen LogP) is 2.02. The normalized spacial score (nSPS) is 10.4. The Labute approximate surface area is 115 Å². The first-order valence-corrected chi connectivity index (χ1v) is 5.86. The number of rotatable bonds is 4. The number of hydrogen-bond donors (Lipinski definition) is 2. The van der Waals surface area contributed by atoms with E-state index in [0.717, 1.165) is 5.69 Å². The van der Waals surface area contributed by atoms with Crippen molar-refractivity contribution in [2.45, 2.75) is 13.8 Å². The second-order valence-electron chi connectivity index (χ2n) is 4.34. The Kier molecular flexibility index (Phi) is 3.57. The summed E-state index contributed by atoms with van der Waals surface area (Å²) in [6.07, 6.45) is 0. The summed E-state index contributed by atoms with van der Waals surface area (Å²) < 4.78 is 7.40. The number of nitrogens with two attached hydrogens (primary N) is 1. The van der Waals surface area contributed by atoms with Gasteiger partial charge in [-0.15, -0.1) is 0 Å². The first-order valence-electron chi connectivity index (χ1n) is 5.86. The Bertz CT molecular complexity index is 665. The van der Waals surface area contributed by atoms with Gasteiger partial charge in [0.15, 0.2) is 5.75 Å². The Morgan fingerprint density at radius 2 is 2.10 bits per heavy atom. The Morgan fingerprint density at radius 1 is 1.40 bits per heavy atom. The lowest BCUT2D eigenvalue weighted by molar-refractivity contribution is -0.384. The first-order chi connectivity index (χ1) is 9.42. The molecule has 0 fully saturated rings. The van der Waals surface area contributed by atoms with E-state index in [9.17, 15) is 10.1 Å². The van der Waals surface area contributed by atoms with Gasteiger partial charge in [0.2, 0.25) is 0 Å². The van der Waals surface area contributed by atoms with Crippen LogP contribution in [0.2, 0.25) is 0 Å². The Morgan fingerprint density at radius 3 is 2.60 bits per heavy atom. The molecule has 0 amide bonds. The zero-order valence-electron chi connectivity index (χ0n) is 11.4. The first kappa shape index (κ1) is 13.8. The van der Waals surface area contributed by atoms with E-state index in [1.165, 1.54) is 12.1 Å². The molecule has 8 heteroatoms. The maximum Gasteiger partial charge on any atom is 0.275 e. The van der Waals surface area contributed by atoms with E-state index in [0.29, 0.717) is 22.9 Å². The Hall–Kier alpha value is -2.61. The van der Waals surface area contributed by atoms with Gasteiger partial charge in [-0.25, -0.2) is 0 Å². The quantitative estimate of drug-likeness (QED) is 0.503. The van der Waals surface area contributed by atoms with Crippen molar-refractivity contribution in [1.82, 2.24) is 9.78 Å². The molecule has 0 aliphatic rings. The maximum absolute atomic E-state index is 10.9. The zero-order valence-corrected chi connectivity index (χ0v) is 11.4. The summed E-state index contributed by atoms with van der Waals surface area (Å²) in [6, 6.07) is 4.25. The number of hydrazine groups is 1. The van der Waals surface area contributed by atoms with Crippen LogP contribution >= 0.6 is 0 Å². The van der Waals surface area contributed by atoms with Crippen LogP contribution < -0.4 is 16.0 Å². The summed E-state index contributed by atoms with van der Waals surface area (Å²) in [7, 11) is 1.80. The lowest BCUT2D eigenvalue weighted by Gasteiger charge is -2.08. The van der Waals surface area contributed by atoms with E-state index in [1.54, 1.807) is 17.8 Å². The largest absolute Gasteiger partial charge is 0.453 e. The number of nitrogens with one attached hydrogen (secondary N) is 1. The number of hydrogen-bond acceptors (Lipinski definition) is 6. The molecule has 0 spiro atoms. The molecule has 0 saturated heterocycles. The summed E-state index contributed by atoms with van der Waals surface area (Å²) in [5.74, 6) is 6.21. The number of nitrogens with zero attached hydrogens (tertiary/aromatic N) is 3. The lowest BCUT2D eigenvalue weighted by atomic mass is 10.2. The number of nitrogen functional groups attached to an aromatic ring is 1. The van der Waals surface area contributed by atoms with E-state index in [1.807, 2.05) is 13.8 Å². The molecule has 8 nitrogen and oxygen atoms in total. The molecule has 2 aromatic rings. The molecule has 1 heterocycles. The van der Waals surface area contributed by atoms with Crippen molar-refractivity contribution in [2.75, 3.05) is 5.43 Å². The molecule has 20 heavy (non-hydrogen) atoms. The highest BCUT2D eigenvalue weighted by molar-refractivity contribution is 5.56. The molecule has 0 unspecified atom stereocenters. The van der Waals surface area contributed by atoms with E-state index < -0.39 is 4.92 Å². The third kappa shape index (κ3) is 2.54. The SMILES string of the molecule is Cc1nn(C)c(C)c1Oc1cc(NN)cc([N+](=O)[O-])c1. The molecule has 1 aromatic heterocycles. The van der Waals surface area contributed by atoms with Gasteiger partial charge in [0.05, 0.1) is 22.4 Å². The fourth-order valence-corrected chi connectivity index (χ4v) is 1.85. The van der Waals surface area contributed by atoms with Crippen LogP contribution in [0.5, 0.6) is 11.5 Å². The number of non-ortho nitro benzene ring substituents is 1. The van der Waals surface area contributed by atoms with Crippen molar-refractivity contribution in [3.63, 3.8) is 0 Å². The van der Waals surface area contributed by atoms with Crippen LogP contribution in [0.1, 0.15) is 11.4 Å². The van der Waals surface area contributed by atoms with Gasteiger partial charge in [-0.2, -0.15) is 5.10 Å². The third-order valence-electron chi connectivity index (χ3n) is 2.93. The van der Waals surface area contributed by atoms with Crippen LogP contribution in [0.25, 0.3) is 0 Å². The van der Waals surface area contributed by atoms with Crippen LogP contribution in [0.3, 0.4) is 0 Å². The standard InChI is InChI=1S/C12H15N5O3/c1-7-12(8(2)16(3)15-7)20-11-5-9(14-13)4-10(6-11)17(18)19/h4-6,14H,13H2,1-3H3. The molecule has 0 aliphatic carbocycles. The molecule has 2 rings (SSSR count). The van der Waals surface area contributed by atoms with Gasteiger partial charge < -0.3 is 10.2 Å². The summed E-state index contributed by atoms with van der Waals surface area (Å²) in [6.45, 7) is 3.66. The van der Waals surface area contributed by atoms with Crippen LogP contribution in [-0.4, -0.2) is 14.7 Å². The van der Waals surface area contributed by atoms with Crippen LogP contribution in [0.15, 0.2) is 18.2 Å². The van der Waals surface area contributed by atoms with Gasteiger partial charge in [0.25, 0.3) is 5.69 Å². The predicted molar refractivity (Wildman–Crippen MR) is 73.7 cm³/mol. The molecule has 3 N–H and O–H groups in total. The fourth-order valence-electron chi connectivity index (χ4n) is 1.85. The van der Waals surface area contributed by atoms with Crippen LogP contribution in [0.4, 0.5) is 11.4 Å². The van der Waals surface area contributed by atoms with Crippen molar-refractivity contribution in [3.05, 3.63) is 39.7 Å². The van der Waals surface area contributed by atoms with E-state index in [-0.39, 0.29) is 5.69 Å². The van der Waals surface area contributed by atoms with E-state index in [2.05, 4.69) is 10.5 Å². The van der Waals surface area contributed by atoms with Crippen molar-refractivity contribution < 1.29 is 9.66 Å². The highest BCUT2D eigenvalue weighted by Crippen LogP contribution is 2.32. The molecule has 0 aliphatic heterocycles. The second-order valence-corrected chi connectivity index (χ2v) is 4.34. The number of aryl methyl sites for hydroxylation is 2. The maximum atomic E-state index is 10.9. The van der Waals surface area contributed by atoms with Crippen LogP contribution in [0, 0.1) is 24.0 Å². The number of anilines is 1.